The van der Waals surface area contributed by atoms with Crippen LogP contribution in [0.3, 0.4) is 0 Å². The third-order valence-corrected chi connectivity index (χ3v) is 17.9. The molecule has 0 N–H and O–H groups in total. The Hall–Kier alpha value is -4.26. The van der Waals surface area contributed by atoms with Crippen LogP contribution in [-0.4, -0.2) is 102 Å². The lowest BCUT2D eigenvalue weighted by Gasteiger charge is -2.33. The van der Waals surface area contributed by atoms with Crippen molar-refractivity contribution in [2.75, 3.05) is 76.4 Å². The summed E-state index contributed by atoms with van der Waals surface area (Å²) in [5.74, 6) is 1.41. The number of nitrogens with zero attached hydrogens (tertiary/aromatic N) is 6. The number of thiazole rings is 2. The first-order valence-corrected chi connectivity index (χ1v) is 26.9. The Morgan fingerprint density at radius 2 is 0.909 bits per heavy atom. The highest BCUT2D eigenvalue weighted by Gasteiger charge is 2.32. The van der Waals surface area contributed by atoms with Crippen molar-refractivity contribution >= 4 is 76.2 Å². The van der Waals surface area contributed by atoms with Crippen molar-refractivity contribution in [2.45, 2.75) is 62.2 Å². The van der Waals surface area contributed by atoms with Crippen molar-refractivity contribution in [1.29, 1.82) is 0 Å². The van der Waals surface area contributed by atoms with Crippen molar-refractivity contribution in [3.63, 3.8) is 0 Å². The fourth-order valence-corrected chi connectivity index (χ4v) is 12.4. The quantitative estimate of drug-likeness (QED) is 0.131. The summed E-state index contributed by atoms with van der Waals surface area (Å²) in [5, 5.41) is 6.74. The van der Waals surface area contributed by atoms with Gasteiger partial charge in [-0.25, -0.2) is 26.8 Å². The first kappa shape index (κ1) is 49.6. The number of aromatic nitrogens is 2. The van der Waals surface area contributed by atoms with Gasteiger partial charge in [-0.05, 0) is 70.5 Å². The number of halogens is 2. The Kier molecular flexibility index (Phi) is 15.1. The van der Waals surface area contributed by atoms with E-state index < -0.39 is 20.0 Å². The second-order valence-electron chi connectivity index (χ2n) is 18.1. The highest BCUT2D eigenvalue weighted by Crippen LogP contribution is 2.35. The van der Waals surface area contributed by atoms with Gasteiger partial charge in [0.05, 0.1) is 45.4 Å². The molecule has 0 amide bonds. The molecule has 0 bridgehead atoms. The van der Waals surface area contributed by atoms with E-state index in [4.69, 9.17) is 42.6 Å². The van der Waals surface area contributed by atoms with Gasteiger partial charge in [-0.1, -0.05) is 95.1 Å². The minimum Gasteiger partial charge on any atom is -0.497 e. The van der Waals surface area contributed by atoms with E-state index in [1.54, 1.807) is 81.9 Å². The molecule has 352 valence electrons. The molecule has 12 nitrogen and oxygen atoms in total. The summed E-state index contributed by atoms with van der Waals surface area (Å²) in [4.78, 5) is 14.5. The maximum absolute atomic E-state index is 13.2. The number of benzene rings is 4. The van der Waals surface area contributed by atoms with Gasteiger partial charge in [0.2, 0.25) is 20.0 Å². The summed E-state index contributed by atoms with van der Waals surface area (Å²) in [6.07, 6.45) is 0. The Labute approximate surface area is 407 Å². The third kappa shape index (κ3) is 11.4. The summed E-state index contributed by atoms with van der Waals surface area (Å²) in [5.41, 5.74) is 5.69. The van der Waals surface area contributed by atoms with Gasteiger partial charge in [0.1, 0.15) is 11.5 Å². The Morgan fingerprint density at radius 3 is 1.27 bits per heavy atom. The Morgan fingerprint density at radius 1 is 0.515 bits per heavy atom. The molecule has 2 fully saturated rings. The maximum atomic E-state index is 13.2. The van der Waals surface area contributed by atoms with E-state index in [9.17, 15) is 16.8 Å². The number of hydrogen-bond donors (Lipinski definition) is 0. The molecule has 18 heteroatoms. The Bertz CT molecular complexity index is 2820. The van der Waals surface area contributed by atoms with Gasteiger partial charge in [-0.15, -0.1) is 22.7 Å². The predicted octanol–water partition coefficient (Wildman–Crippen LogP) is 10.6. The van der Waals surface area contributed by atoms with Crippen LogP contribution in [-0.2, 0) is 30.9 Å². The van der Waals surface area contributed by atoms with Gasteiger partial charge in [-0.3, -0.25) is 0 Å². The van der Waals surface area contributed by atoms with E-state index in [1.807, 2.05) is 59.3 Å². The molecule has 4 heterocycles. The second-order valence-corrected chi connectivity index (χ2v) is 24.5. The van der Waals surface area contributed by atoms with Crippen molar-refractivity contribution in [2.24, 2.45) is 0 Å². The standard InChI is InChI=1S/C25H31N3O4S2.C23H25Cl2N3O2S2/c1-25(2,3)19-6-8-22(9-7-19)34(29,30)28-12-10-27(11-13-28)24-26-23(17-33-24)18-14-20(31-4)16-21(15-18)32-5;1-23(2,3)17-5-7-18(8-6-17)32(29,30)28-12-10-27(11-13-28)22-26-21(15-31-22)16-4-9-19(24)20(25)14-16/h6-9,14-17H,10-13H2,1-5H3;4-9,14-15H,10-13H2,1-3H3. The zero-order chi connectivity index (χ0) is 47.6. The molecule has 0 radical (unpaired) electrons. The van der Waals surface area contributed by atoms with Crippen LogP contribution < -0.4 is 19.3 Å². The smallest absolute Gasteiger partial charge is 0.243 e. The Balaban J connectivity index is 0.000000197. The fraction of sp³-hybridized carbons (Fsp3) is 0.375. The number of anilines is 2. The molecule has 0 atom stereocenters. The van der Waals surface area contributed by atoms with Gasteiger partial charge >= 0.3 is 0 Å². The lowest BCUT2D eigenvalue weighted by molar-refractivity contribution is 0.384. The first-order chi connectivity index (χ1) is 31.2. The number of sulfonamides is 2. The minimum atomic E-state index is -3.52. The summed E-state index contributed by atoms with van der Waals surface area (Å²) in [7, 11) is -3.79. The molecular formula is C48H56Cl2N6O6S4. The maximum Gasteiger partial charge on any atom is 0.243 e. The van der Waals surface area contributed by atoms with Crippen LogP contribution in [0, 0.1) is 0 Å². The lowest BCUT2D eigenvalue weighted by Crippen LogP contribution is -2.48. The molecule has 2 saturated heterocycles. The predicted molar refractivity (Wildman–Crippen MR) is 270 cm³/mol. The lowest BCUT2D eigenvalue weighted by atomic mass is 9.87. The van der Waals surface area contributed by atoms with Crippen molar-refractivity contribution in [3.8, 4) is 34.0 Å². The van der Waals surface area contributed by atoms with E-state index >= 15 is 0 Å². The molecule has 0 spiro atoms. The molecule has 66 heavy (non-hydrogen) atoms. The highest BCUT2D eigenvalue weighted by atomic mass is 35.5. The van der Waals surface area contributed by atoms with Crippen LogP contribution in [0.2, 0.25) is 10.0 Å². The SMILES string of the molecule is CC(C)(C)c1ccc(S(=O)(=O)N2CCN(c3nc(-c4ccc(Cl)c(Cl)c4)cs3)CC2)cc1.COc1cc(OC)cc(-c2csc(N3CCN(S(=O)(=O)c4ccc(C(C)(C)C)cc4)CC3)n2)c1. The summed E-state index contributed by atoms with van der Waals surface area (Å²) < 4.78 is 66.4. The normalized spacial score (nSPS) is 15.6. The van der Waals surface area contributed by atoms with Crippen molar-refractivity contribution in [3.05, 3.63) is 117 Å². The monoisotopic (exact) mass is 1010 g/mol. The molecule has 2 aliphatic rings. The molecule has 0 unspecified atom stereocenters. The molecule has 8 rings (SSSR count). The van der Waals surface area contributed by atoms with Crippen LogP contribution in [0.5, 0.6) is 11.5 Å². The van der Waals surface area contributed by atoms with Crippen LogP contribution in [0.1, 0.15) is 52.7 Å². The molecule has 2 aliphatic heterocycles. The number of hydrogen-bond acceptors (Lipinski definition) is 12. The average Bonchev–Trinajstić information content (AvgIpc) is 4.02. The summed E-state index contributed by atoms with van der Waals surface area (Å²) >= 11 is 15.2. The zero-order valence-electron chi connectivity index (χ0n) is 38.4. The largest absolute Gasteiger partial charge is 0.497 e. The van der Waals surface area contributed by atoms with Crippen LogP contribution in [0.4, 0.5) is 10.3 Å². The van der Waals surface area contributed by atoms with Crippen LogP contribution in [0.15, 0.2) is 105 Å². The van der Waals surface area contributed by atoms with Gasteiger partial charge in [0.15, 0.2) is 10.3 Å². The molecule has 0 aliphatic carbocycles. The molecule has 6 aromatic rings. The number of methoxy groups -OCH3 is 2. The van der Waals surface area contributed by atoms with E-state index in [1.165, 1.54) is 0 Å². The number of piperazine rings is 2. The average molecular weight is 1010 g/mol. The van der Waals surface area contributed by atoms with Crippen molar-refractivity contribution in [1.82, 2.24) is 18.6 Å². The summed E-state index contributed by atoms with van der Waals surface area (Å²) in [6.45, 7) is 16.7. The molecule has 2 aromatic heterocycles. The van der Waals surface area contributed by atoms with Crippen molar-refractivity contribution < 1.29 is 26.3 Å². The van der Waals surface area contributed by atoms with E-state index in [0.29, 0.717) is 83.7 Å². The van der Waals surface area contributed by atoms with E-state index in [0.717, 1.165) is 43.9 Å². The van der Waals surface area contributed by atoms with E-state index in [-0.39, 0.29) is 10.8 Å². The van der Waals surface area contributed by atoms with Gasteiger partial charge in [-0.2, -0.15) is 8.61 Å². The summed E-state index contributed by atoms with van der Waals surface area (Å²) in [6, 6.07) is 25.6. The zero-order valence-corrected chi connectivity index (χ0v) is 43.2. The van der Waals surface area contributed by atoms with E-state index in [2.05, 4.69) is 51.3 Å². The van der Waals surface area contributed by atoms with Gasteiger partial charge in [0.25, 0.3) is 0 Å². The van der Waals surface area contributed by atoms with Gasteiger partial charge < -0.3 is 19.3 Å². The molecular weight excluding hydrogens is 956 g/mol. The number of rotatable bonds is 10. The topological polar surface area (TPSA) is 125 Å². The minimum absolute atomic E-state index is 0.0160. The van der Waals surface area contributed by atoms with Crippen LogP contribution in [0.25, 0.3) is 22.5 Å². The van der Waals surface area contributed by atoms with Gasteiger partial charge in [0, 0.05) is 80.3 Å². The highest BCUT2D eigenvalue weighted by molar-refractivity contribution is 7.89. The first-order valence-electron chi connectivity index (χ1n) is 21.5. The third-order valence-electron chi connectivity index (χ3n) is 11.6. The molecule has 4 aromatic carbocycles. The van der Waals surface area contributed by atoms with Crippen LogP contribution >= 0.6 is 45.9 Å². The molecule has 0 saturated carbocycles. The second kappa shape index (κ2) is 20.1. The number of ether oxygens (including phenoxy) is 2. The fourth-order valence-electron chi connectivity index (χ4n) is 7.49.